The monoisotopic (exact) mass is 387 g/mol. The van der Waals surface area contributed by atoms with Crippen molar-refractivity contribution in [3.63, 3.8) is 0 Å². The van der Waals surface area contributed by atoms with Crippen molar-refractivity contribution in [3.05, 3.63) is 24.3 Å². The summed E-state index contributed by atoms with van der Waals surface area (Å²) in [6, 6.07) is 7.38. The van der Waals surface area contributed by atoms with Crippen molar-refractivity contribution in [2.45, 2.75) is 39.0 Å². The number of likely N-dealkylation sites (tertiary alicyclic amines) is 1. The zero-order valence-electron chi connectivity index (χ0n) is 17.2. The van der Waals surface area contributed by atoms with Crippen LogP contribution in [-0.4, -0.2) is 56.5 Å². The Bertz CT molecular complexity index is 653. The molecule has 3 rings (SSSR count). The third-order valence-electron chi connectivity index (χ3n) is 5.96. The number of carbonyl (C=O) groups is 2. The van der Waals surface area contributed by atoms with Gasteiger partial charge in [0.25, 0.3) is 0 Å². The Hall–Kier alpha value is -2.08. The molecule has 0 spiro atoms. The van der Waals surface area contributed by atoms with Crippen molar-refractivity contribution in [2.24, 2.45) is 11.8 Å². The van der Waals surface area contributed by atoms with Gasteiger partial charge >= 0.3 is 0 Å². The molecule has 1 aromatic rings. The van der Waals surface area contributed by atoms with E-state index in [1.807, 2.05) is 24.3 Å². The number of ether oxygens (including phenoxy) is 1. The summed E-state index contributed by atoms with van der Waals surface area (Å²) in [6.45, 7) is 7.00. The van der Waals surface area contributed by atoms with Gasteiger partial charge in [-0.05, 0) is 75.5 Å². The molecule has 2 fully saturated rings. The first-order chi connectivity index (χ1) is 13.6. The van der Waals surface area contributed by atoms with Crippen molar-refractivity contribution in [3.8, 4) is 5.75 Å². The molecule has 0 bridgehead atoms. The van der Waals surface area contributed by atoms with Gasteiger partial charge in [0.1, 0.15) is 5.75 Å². The van der Waals surface area contributed by atoms with Crippen LogP contribution in [0.1, 0.15) is 39.0 Å². The molecule has 0 aromatic heterocycles. The van der Waals surface area contributed by atoms with E-state index >= 15 is 0 Å². The van der Waals surface area contributed by atoms with Gasteiger partial charge in [-0.3, -0.25) is 9.59 Å². The van der Waals surface area contributed by atoms with E-state index in [1.165, 1.54) is 25.9 Å². The van der Waals surface area contributed by atoms with Crippen molar-refractivity contribution in [2.75, 3.05) is 44.7 Å². The number of nitrogens with zero attached hydrogens (tertiary/aromatic N) is 2. The maximum Gasteiger partial charge on any atom is 0.227 e. The van der Waals surface area contributed by atoms with Gasteiger partial charge in [0.05, 0.1) is 13.0 Å². The van der Waals surface area contributed by atoms with E-state index in [0.717, 1.165) is 36.7 Å². The van der Waals surface area contributed by atoms with Crippen LogP contribution in [0.15, 0.2) is 24.3 Å². The predicted octanol–water partition coefficient (Wildman–Crippen LogP) is 2.68. The number of hydrogen-bond donors (Lipinski definition) is 1. The van der Waals surface area contributed by atoms with Gasteiger partial charge in [-0.15, -0.1) is 0 Å². The minimum absolute atomic E-state index is 0.00356. The van der Waals surface area contributed by atoms with E-state index in [-0.39, 0.29) is 24.2 Å². The molecule has 154 valence electrons. The molecular weight excluding hydrogens is 354 g/mol. The zero-order chi connectivity index (χ0) is 19.9. The Morgan fingerprint density at radius 1 is 1.18 bits per heavy atom. The molecule has 2 amide bonds. The van der Waals surface area contributed by atoms with E-state index in [0.29, 0.717) is 13.1 Å². The number of methoxy groups -OCH3 is 1. The number of hydrogen-bond acceptors (Lipinski definition) is 4. The average molecular weight is 388 g/mol. The number of amides is 2. The molecule has 0 radical (unpaired) electrons. The molecule has 2 saturated heterocycles. The highest BCUT2D eigenvalue weighted by atomic mass is 16.5. The van der Waals surface area contributed by atoms with Crippen molar-refractivity contribution in [1.82, 2.24) is 10.2 Å². The summed E-state index contributed by atoms with van der Waals surface area (Å²) in [6.07, 6.45) is 4.98. The third kappa shape index (κ3) is 5.47. The Kier molecular flexibility index (Phi) is 7.31. The Balaban J connectivity index is 1.36. The maximum atomic E-state index is 12.4. The molecule has 0 saturated carbocycles. The summed E-state index contributed by atoms with van der Waals surface area (Å²) in [5.41, 5.74) is 0.817. The second kappa shape index (κ2) is 9.92. The van der Waals surface area contributed by atoms with Crippen molar-refractivity contribution in [1.29, 1.82) is 0 Å². The van der Waals surface area contributed by atoms with Crippen LogP contribution >= 0.6 is 0 Å². The van der Waals surface area contributed by atoms with Crippen LogP contribution in [0.25, 0.3) is 0 Å². The highest BCUT2D eigenvalue weighted by Gasteiger charge is 2.34. The van der Waals surface area contributed by atoms with Crippen LogP contribution in [0.4, 0.5) is 5.69 Å². The Labute approximate surface area is 168 Å². The minimum Gasteiger partial charge on any atom is -0.497 e. The van der Waals surface area contributed by atoms with Gasteiger partial charge in [-0.2, -0.15) is 0 Å². The lowest BCUT2D eigenvalue weighted by Crippen LogP contribution is -2.35. The van der Waals surface area contributed by atoms with Crippen LogP contribution < -0.4 is 15.0 Å². The topological polar surface area (TPSA) is 61.9 Å². The number of unbranched alkanes of at least 4 members (excludes halogenated alkanes) is 1. The fourth-order valence-electron chi connectivity index (χ4n) is 4.00. The van der Waals surface area contributed by atoms with Crippen LogP contribution in [0.3, 0.4) is 0 Å². The normalized spacial score (nSPS) is 21.1. The molecule has 6 nitrogen and oxygen atoms in total. The highest BCUT2D eigenvalue weighted by molar-refractivity contribution is 6.00. The first-order valence-electron chi connectivity index (χ1n) is 10.5. The maximum absolute atomic E-state index is 12.4. The van der Waals surface area contributed by atoms with Gasteiger partial charge in [0, 0.05) is 25.2 Å². The molecule has 2 heterocycles. The molecule has 1 unspecified atom stereocenters. The lowest BCUT2D eigenvalue weighted by atomic mass is 9.99. The minimum atomic E-state index is -0.266. The summed E-state index contributed by atoms with van der Waals surface area (Å²) in [7, 11) is 1.61. The van der Waals surface area contributed by atoms with Gasteiger partial charge in [0.15, 0.2) is 0 Å². The molecule has 1 N–H and O–H groups in total. The summed E-state index contributed by atoms with van der Waals surface area (Å²) < 4.78 is 5.15. The van der Waals surface area contributed by atoms with Gasteiger partial charge in [0.2, 0.25) is 11.8 Å². The summed E-state index contributed by atoms with van der Waals surface area (Å²) >= 11 is 0. The highest BCUT2D eigenvalue weighted by Crippen LogP contribution is 2.27. The van der Waals surface area contributed by atoms with E-state index in [9.17, 15) is 9.59 Å². The van der Waals surface area contributed by atoms with Crippen LogP contribution in [-0.2, 0) is 9.59 Å². The van der Waals surface area contributed by atoms with Crippen LogP contribution in [0, 0.1) is 11.8 Å². The zero-order valence-corrected chi connectivity index (χ0v) is 17.2. The Morgan fingerprint density at radius 3 is 2.57 bits per heavy atom. The van der Waals surface area contributed by atoms with Gasteiger partial charge in [-0.1, -0.05) is 6.92 Å². The van der Waals surface area contributed by atoms with E-state index in [4.69, 9.17) is 4.74 Å². The molecule has 2 aliphatic rings. The molecule has 1 atom stereocenters. The molecule has 1 aromatic carbocycles. The van der Waals surface area contributed by atoms with Gasteiger partial charge < -0.3 is 19.9 Å². The largest absolute Gasteiger partial charge is 0.497 e. The fourth-order valence-corrected chi connectivity index (χ4v) is 4.00. The quantitative estimate of drug-likeness (QED) is 0.697. The number of nitrogens with one attached hydrogen (secondary N) is 1. The summed E-state index contributed by atoms with van der Waals surface area (Å²) in [5, 5.41) is 3.02. The Morgan fingerprint density at radius 2 is 1.89 bits per heavy atom. The number of carbonyl (C=O) groups excluding carboxylic acids is 2. The predicted molar refractivity (Wildman–Crippen MR) is 111 cm³/mol. The SMILES string of the molecule is COc1ccc(N2CC(C(=O)NCCCCN3CCC(C)CC3)CC2=O)cc1. The van der Waals surface area contributed by atoms with E-state index < -0.39 is 0 Å². The second-order valence-corrected chi connectivity index (χ2v) is 8.13. The average Bonchev–Trinajstić information content (AvgIpc) is 3.11. The lowest BCUT2D eigenvalue weighted by molar-refractivity contribution is -0.126. The standard InChI is InChI=1S/C22H33N3O3/c1-17-9-13-24(14-10-17)12-4-3-11-23-22(27)18-15-21(26)25(16-18)19-5-7-20(28-2)8-6-19/h5-8,17-18H,3-4,9-16H2,1-2H3,(H,23,27). The molecule has 0 aliphatic carbocycles. The molecule has 6 heteroatoms. The number of rotatable bonds is 8. The number of piperidine rings is 1. The molecular formula is C22H33N3O3. The summed E-state index contributed by atoms with van der Waals surface area (Å²) in [4.78, 5) is 29.0. The van der Waals surface area contributed by atoms with E-state index in [2.05, 4.69) is 17.1 Å². The van der Waals surface area contributed by atoms with E-state index in [1.54, 1.807) is 12.0 Å². The number of benzene rings is 1. The first kappa shape index (κ1) is 20.6. The van der Waals surface area contributed by atoms with Crippen LogP contribution in [0.5, 0.6) is 5.75 Å². The van der Waals surface area contributed by atoms with Gasteiger partial charge in [-0.25, -0.2) is 0 Å². The van der Waals surface area contributed by atoms with Crippen molar-refractivity contribution >= 4 is 17.5 Å². The molecule has 28 heavy (non-hydrogen) atoms. The fraction of sp³-hybridized carbons (Fsp3) is 0.636. The second-order valence-electron chi connectivity index (χ2n) is 8.13. The first-order valence-corrected chi connectivity index (χ1v) is 10.5. The van der Waals surface area contributed by atoms with Crippen molar-refractivity contribution < 1.29 is 14.3 Å². The molecule has 2 aliphatic heterocycles. The lowest BCUT2D eigenvalue weighted by Gasteiger charge is -2.30. The van der Waals surface area contributed by atoms with Crippen LogP contribution in [0.2, 0.25) is 0 Å². The third-order valence-corrected chi connectivity index (χ3v) is 5.96. The number of anilines is 1. The summed E-state index contributed by atoms with van der Waals surface area (Å²) in [5.74, 6) is 1.35. The smallest absolute Gasteiger partial charge is 0.227 e.